The molecule has 0 spiro atoms. The minimum absolute atomic E-state index is 0.00363. The van der Waals surface area contributed by atoms with Gasteiger partial charge in [0.25, 0.3) is 0 Å². The van der Waals surface area contributed by atoms with Crippen molar-refractivity contribution in [1.82, 2.24) is 5.32 Å². The number of benzene rings is 1. The quantitative estimate of drug-likeness (QED) is 0.811. The van der Waals surface area contributed by atoms with Crippen LogP contribution < -0.4 is 5.32 Å². The van der Waals surface area contributed by atoms with Gasteiger partial charge in [-0.15, -0.1) is 0 Å². The van der Waals surface area contributed by atoms with Crippen molar-refractivity contribution in [1.29, 1.82) is 0 Å². The van der Waals surface area contributed by atoms with Gasteiger partial charge in [0.05, 0.1) is 12.2 Å². The molecule has 0 saturated heterocycles. The molecule has 0 aliphatic carbocycles. The fraction of sp³-hybridized carbons (Fsp3) is 0.571. The lowest BCUT2D eigenvalue weighted by Crippen LogP contribution is -2.36. The number of methoxy groups -OCH3 is 1. The summed E-state index contributed by atoms with van der Waals surface area (Å²) in [7, 11) is 1.54. The maximum atomic E-state index is 12.7. The lowest BCUT2D eigenvalue weighted by Gasteiger charge is -2.23. The van der Waals surface area contributed by atoms with Gasteiger partial charge in [-0.3, -0.25) is 0 Å². The van der Waals surface area contributed by atoms with Crippen LogP contribution in [0.15, 0.2) is 24.3 Å². The van der Waals surface area contributed by atoms with Crippen molar-refractivity contribution in [2.24, 2.45) is 0 Å². The van der Waals surface area contributed by atoms with E-state index < -0.39 is 11.7 Å². The predicted molar refractivity (Wildman–Crippen MR) is 70.4 cm³/mol. The van der Waals surface area contributed by atoms with E-state index in [1.54, 1.807) is 20.1 Å². The summed E-state index contributed by atoms with van der Waals surface area (Å²) in [6, 6.07) is 4.87. The van der Waals surface area contributed by atoms with Gasteiger partial charge in [0.2, 0.25) is 0 Å². The molecule has 1 aromatic carbocycles. The zero-order valence-corrected chi connectivity index (χ0v) is 11.6. The zero-order valence-electron chi connectivity index (χ0n) is 11.6. The summed E-state index contributed by atoms with van der Waals surface area (Å²) in [5.74, 6) is 0. The second kappa shape index (κ2) is 7.61. The van der Waals surface area contributed by atoms with Gasteiger partial charge in [-0.2, -0.15) is 13.2 Å². The van der Waals surface area contributed by atoms with Gasteiger partial charge < -0.3 is 15.2 Å². The van der Waals surface area contributed by atoms with Crippen LogP contribution in [-0.4, -0.2) is 31.5 Å². The van der Waals surface area contributed by atoms with Crippen molar-refractivity contribution in [3.8, 4) is 0 Å². The molecule has 0 aliphatic heterocycles. The van der Waals surface area contributed by atoms with Crippen LogP contribution in [0.5, 0.6) is 0 Å². The Balaban J connectivity index is 2.78. The summed E-state index contributed by atoms with van der Waals surface area (Å²) >= 11 is 0. The molecule has 0 heterocycles. The van der Waals surface area contributed by atoms with Gasteiger partial charge in [-0.1, -0.05) is 12.1 Å². The number of hydrogen-bond donors (Lipinski definition) is 2. The maximum Gasteiger partial charge on any atom is 0.416 e. The van der Waals surface area contributed by atoms with E-state index >= 15 is 0 Å². The molecule has 0 aliphatic rings. The minimum Gasteiger partial charge on any atom is -0.396 e. The lowest BCUT2D eigenvalue weighted by atomic mass is 10.0. The second-order valence-electron chi connectivity index (χ2n) is 4.68. The molecule has 0 fully saturated rings. The van der Waals surface area contributed by atoms with Crippen LogP contribution >= 0.6 is 0 Å². The molecule has 6 heteroatoms. The Bertz CT molecular complexity index is 404. The standard InChI is InChI=1S/C14H20F3NO2/c1-10(18-13(6-7-19)9-20-2)11-4-3-5-12(8-11)14(15,16)17/h3-5,8,10,13,18-19H,6-7,9H2,1-2H3. The highest BCUT2D eigenvalue weighted by molar-refractivity contribution is 5.27. The number of alkyl halides is 3. The Morgan fingerprint density at radius 1 is 1.35 bits per heavy atom. The van der Waals surface area contributed by atoms with E-state index in [0.29, 0.717) is 18.6 Å². The monoisotopic (exact) mass is 291 g/mol. The van der Waals surface area contributed by atoms with Crippen LogP contribution in [0.4, 0.5) is 13.2 Å². The fourth-order valence-electron chi connectivity index (χ4n) is 2.01. The van der Waals surface area contributed by atoms with Crippen molar-refractivity contribution in [2.45, 2.75) is 31.6 Å². The molecule has 1 rings (SSSR count). The average molecular weight is 291 g/mol. The molecule has 114 valence electrons. The number of halogens is 3. The van der Waals surface area contributed by atoms with Gasteiger partial charge in [0.15, 0.2) is 0 Å². The minimum atomic E-state index is -4.34. The summed E-state index contributed by atoms with van der Waals surface area (Å²) in [5, 5.41) is 12.1. The summed E-state index contributed by atoms with van der Waals surface area (Å²) in [5.41, 5.74) is -0.104. The highest BCUT2D eigenvalue weighted by atomic mass is 19.4. The predicted octanol–water partition coefficient (Wildman–Crippen LogP) is 2.75. The van der Waals surface area contributed by atoms with E-state index in [4.69, 9.17) is 9.84 Å². The van der Waals surface area contributed by atoms with Gasteiger partial charge in [0, 0.05) is 25.8 Å². The second-order valence-corrected chi connectivity index (χ2v) is 4.68. The molecule has 0 bridgehead atoms. The Morgan fingerprint density at radius 3 is 2.60 bits per heavy atom. The van der Waals surface area contributed by atoms with Gasteiger partial charge >= 0.3 is 6.18 Å². The maximum absolute atomic E-state index is 12.7. The Morgan fingerprint density at radius 2 is 2.05 bits per heavy atom. The van der Waals surface area contributed by atoms with Crippen molar-refractivity contribution >= 4 is 0 Å². The van der Waals surface area contributed by atoms with Crippen molar-refractivity contribution in [3.63, 3.8) is 0 Å². The van der Waals surface area contributed by atoms with E-state index in [-0.39, 0.29) is 18.7 Å². The summed E-state index contributed by atoms with van der Waals surface area (Å²) in [4.78, 5) is 0. The summed E-state index contributed by atoms with van der Waals surface area (Å²) in [6.45, 7) is 2.18. The normalized spacial score (nSPS) is 15.1. The van der Waals surface area contributed by atoms with E-state index in [9.17, 15) is 13.2 Å². The van der Waals surface area contributed by atoms with Crippen LogP contribution in [0.1, 0.15) is 30.5 Å². The van der Waals surface area contributed by atoms with Gasteiger partial charge in [-0.25, -0.2) is 0 Å². The van der Waals surface area contributed by atoms with Gasteiger partial charge in [-0.05, 0) is 31.0 Å². The third-order valence-electron chi connectivity index (χ3n) is 3.05. The highest BCUT2D eigenvalue weighted by Crippen LogP contribution is 2.30. The molecule has 0 radical (unpaired) electrons. The lowest BCUT2D eigenvalue weighted by molar-refractivity contribution is -0.137. The Hall–Kier alpha value is -1.11. The summed E-state index contributed by atoms with van der Waals surface area (Å²) < 4.78 is 43.0. The van der Waals surface area contributed by atoms with Crippen LogP contribution in [-0.2, 0) is 10.9 Å². The smallest absolute Gasteiger partial charge is 0.396 e. The molecule has 2 N–H and O–H groups in total. The molecular formula is C14H20F3NO2. The van der Waals surface area contributed by atoms with E-state index in [1.807, 2.05) is 0 Å². The Kier molecular flexibility index (Phi) is 6.45. The van der Waals surface area contributed by atoms with E-state index in [0.717, 1.165) is 12.1 Å². The molecule has 2 unspecified atom stereocenters. The van der Waals surface area contributed by atoms with Crippen molar-refractivity contribution in [3.05, 3.63) is 35.4 Å². The number of hydrogen-bond acceptors (Lipinski definition) is 3. The molecule has 0 amide bonds. The fourth-order valence-corrected chi connectivity index (χ4v) is 2.01. The average Bonchev–Trinajstić information content (AvgIpc) is 2.38. The van der Waals surface area contributed by atoms with Crippen molar-refractivity contribution < 1.29 is 23.0 Å². The molecular weight excluding hydrogens is 271 g/mol. The first-order valence-electron chi connectivity index (χ1n) is 6.41. The molecule has 2 atom stereocenters. The van der Waals surface area contributed by atoms with Crippen LogP contribution in [0.3, 0.4) is 0 Å². The first-order chi connectivity index (χ1) is 9.38. The molecule has 0 saturated carbocycles. The number of aliphatic hydroxyl groups excluding tert-OH is 1. The van der Waals surface area contributed by atoms with E-state index in [2.05, 4.69) is 5.32 Å². The first-order valence-corrected chi connectivity index (χ1v) is 6.41. The molecule has 1 aromatic rings. The highest BCUT2D eigenvalue weighted by Gasteiger charge is 2.30. The number of nitrogens with one attached hydrogen (secondary N) is 1. The first kappa shape index (κ1) is 16.9. The third kappa shape index (κ3) is 5.11. The Labute approximate surface area is 116 Å². The van der Waals surface area contributed by atoms with Gasteiger partial charge in [0.1, 0.15) is 0 Å². The van der Waals surface area contributed by atoms with Crippen LogP contribution in [0, 0.1) is 0 Å². The van der Waals surface area contributed by atoms with Crippen LogP contribution in [0.25, 0.3) is 0 Å². The van der Waals surface area contributed by atoms with Crippen LogP contribution in [0.2, 0.25) is 0 Å². The topological polar surface area (TPSA) is 41.5 Å². The zero-order chi connectivity index (χ0) is 15.2. The molecule has 0 aromatic heterocycles. The summed E-state index contributed by atoms with van der Waals surface area (Å²) in [6.07, 6.45) is -3.86. The van der Waals surface area contributed by atoms with Crippen molar-refractivity contribution in [2.75, 3.05) is 20.3 Å². The molecule has 20 heavy (non-hydrogen) atoms. The van der Waals surface area contributed by atoms with E-state index in [1.165, 1.54) is 6.07 Å². The largest absolute Gasteiger partial charge is 0.416 e. The molecule has 3 nitrogen and oxygen atoms in total. The number of ether oxygens (including phenoxy) is 1. The SMILES string of the molecule is COCC(CCO)NC(C)c1cccc(C(F)(F)F)c1. The third-order valence-corrected chi connectivity index (χ3v) is 3.05. The number of rotatable bonds is 7. The number of aliphatic hydroxyl groups is 1.